The molecular weight excluding hydrogens is 362 g/mol. The Bertz CT molecular complexity index is 842. The van der Waals surface area contributed by atoms with Crippen LogP contribution in [-0.4, -0.2) is 41.4 Å². The number of carbonyl (C=O) groups is 3. The van der Waals surface area contributed by atoms with E-state index in [0.717, 1.165) is 30.8 Å². The molecule has 5 nitrogen and oxygen atoms in total. The van der Waals surface area contributed by atoms with Crippen molar-refractivity contribution < 1.29 is 19.1 Å². The molecule has 0 bridgehead atoms. The lowest BCUT2D eigenvalue weighted by Gasteiger charge is -2.15. The van der Waals surface area contributed by atoms with Gasteiger partial charge in [-0.2, -0.15) is 0 Å². The van der Waals surface area contributed by atoms with Gasteiger partial charge in [0.05, 0.1) is 11.3 Å². The molecule has 6 heteroatoms. The third-order valence-electron chi connectivity index (χ3n) is 4.39. The minimum absolute atomic E-state index is 0.0442. The number of hydrogen-bond acceptors (Lipinski definition) is 5. The van der Waals surface area contributed by atoms with Crippen LogP contribution in [-0.2, 0) is 4.79 Å². The first-order valence-corrected chi connectivity index (χ1v) is 9.86. The lowest BCUT2D eigenvalue weighted by atomic mass is 10.1. The van der Waals surface area contributed by atoms with Crippen molar-refractivity contribution in [1.82, 2.24) is 4.90 Å². The number of ether oxygens (including phenoxy) is 1. The summed E-state index contributed by atoms with van der Waals surface area (Å²) in [6, 6.07) is 13.6. The second-order valence-electron chi connectivity index (χ2n) is 6.34. The fraction of sp³-hybridized carbons (Fsp3) is 0.286. The summed E-state index contributed by atoms with van der Waals surface area (Å²) in [5.74, 6) is 0.246. The van der Waals surface area contributed by atoms with Crippen LogP contribution in [0, 0.1) is 0 Å². The number of ketones is 1. The average molecular weight is 383 g/mol. The second kappa shape index (κ2) is 8.86. The van der Waals surface area contributed by atoms with Gasteiger partial charge in [0.25, 0.3) is 0 Å². The molecule has 1 heterocycles. The number of nitrogens with zero attached hydrogens (tertiary/aromatic N) is 1. The van der Waals surface area contributed by atoms with Crippen molar-refractivity contribution in [3.05, 3.63) is 59.7 Å². The van der Waals surface area contributed by atoms with Crippen LogP contribution in [0.5, 0.6) is 5.75 Å². The van der Waals surface area contributed by atoms with Gasteiger partial charge in [-0.15, -0.1) is 11.8 Å². The zero-order valence-corrected chi connectivity index (χ0v) is 16.0. The highest BCUT2D eigenvalue weighted by molar-refractivity contribution is 8.00. The molecule has 1 amide bonds. The second-order valence-corrected chi connectivity index (χ2v) is 7.36. The molecule has 0 saturated carbocycles. The number of esters is 1. The SMILES string of the molecule is CC(=O)c1ccc(OC(=O)c2ccccc2SCC(=O)N2CCCC2)cc1. The summed E-state index contributed by atoms with van der Waals surface area (Å²) >= 11 is 1.35. The Labute approximate surface area is 162 Å². The lowest BCUT2D eigenvalue weighted by Crippen LogP contribution is -2.29. The summed E-state index contributed by atoms with van der Waals surface area (Å²) in [5, 5.41) is 0. The Morgan fingerprint density at radius 2 is 1.67 bits per heavy atom. The lowest BCUT2D eigenvalue weighted by molar-refractivity contribution is -0.127. The number of likely N-dealkylation sites (tertiary alicyclic amines) is 1. The predicted octanol–water partition coefficient (Wildman–Crippen LogP) is 3.82. The van der Waals surface area contributed by atoms with Gasteiger partial charge in [-0.1, -0.05) is 12.1 Å². The Kier molecular flexibility index (Phi) is 6.29. The van der Waals surface area contributed by atoms with Crippen molar-refractivity contribution in [2.75, 3.05) is 18.8 Å². The van der Waals surface area contributed by atoms with Gasteiger partial charge in [0.15, 0.2) is 5.78 Å². The van der Waals surface area contributed by atoms with Crippen molar-refractivity contribution in [2.45, 2.75) is 24.7 Å². The van der Waals surface area contributed by atoms with Crippen LogP contribution >= 0.6 is 11.8 Å². The first kappa shape index (κ1) is 19.2. The van der Waals surface area contributed by atoms with Crippen LogP contribution in [0.1, 0.15) is 40.5 Å². The molecular formula is C21H21NO4S. The molecule has 27 heavy (non-hydrogen) atoms. The van der Waals surface area contributed by atoms with Crippen LogP contribution in [0.2, 0.25) is 0 Å². The summed E-state index contributed by atoms with van der Waals surface area (Å²) in [6.45, 7) is 3.12. The molecule has 3 rings (SSSR count). The van der Waals surface area contributed by atoms with E-state index in [-0.39, 0.29) is 11.7 Å². The number of hydrogen-bond donors (Lipinski definition) is 0. The fourth-order valence-electron chi connectivity index (χ4n) is 2.88. The van der Waals surface area contributed by atoms with Gasteiger partial charge in [0, 0.05) is 23.5 Å². The van der Waals surface area contributed by atoms with Gasteiger partial charge >= 0.3 is 5.97 Å². The maximum Gasteiger partial charge on any atom is 0.344 e. The smallest absolute Gasteiger partial charge is 0.344 e. The van der Waals surface area contributed by atoms with Crippen LogP contribution in [0.25, 0.3) is 0 Å². The quantitative estimate of drug-likeness (QED) is 0.328. The normalized spacial score (nSPS) is 13.4. The summed E-state index contributed by atoms with van der Waals surface area (Å²) in [6.07, 6.45) is 2.11. The molecule has 0 unspecified atom stereocenters. The van der Waals surface area contributed by atoms with Crippen molar-refractivity contribution >= 4 is 29.4 Å². The molecule has 0 aromatic heterocycles. The van der Waals surface area contributed by atoms with Crippen molar-refractivity contribution in [1.29, 1.82) is 0 Å². The zero-order chi connectivity index (χ0) is 19.2. The van der Waals surface area contributed by atoms with E-state index in [1.807, 2.05) is 17.0 Å². The standard InChI is InChI=1S/C21H21NO4S/c1-15(23)16-8-10-17(11-9-16)26-21(25)18-6-2-3-7-19(18)27-14-20(24)22-12-4-5-13-22/h2-3,6-11H,4-5,12-14H2,1H3. The first-order chi connectivity index (χ1) is 13.0. The Morgan fingerprint density at radius 3 is 2.33 bits per heavy atom. The molecule has 140 valence electrons. The number of benzene rings is 2. The van der Waals surface area contributed by atoms with Crippen LogP contribution in [0.4, 0.5) is 0 Å². The summed E-state index contributed by atoms with van der Waals surface area (Å²) < 4.78 is 5.42. The molecule has 0 N–H and O–H groups in total. The van der Waals surface area contributed by atoms with Gasteiger partial charge < -0.3 is 9.64 Å². The number of thioether (sulfide) groups is 1. The van der Waals surface area contributed by atoms with Crippen molar-refractivity contribution in [3.8, 4) is 5.75 Å². The Balaban J connectivity index is 1.66. The molecule has 2 aromatic carbocycles. The van der Waals surface area contributed by atoms with E-state index in [1.54, 1.807) is 36.4 Å². The topological polar surface area (TPSA) is 63.7 Å². The van der Waals surface area contributed by atoms with Gasteiger partial charge in [-0.05, 0) is 56.2 Å². The van der Waals surface area contributed by atoms with E-state index in [2.05, 4.69) is 0 Å². The van der Waals surface area contributed by atoms with E-state index < -0.39 is 5.97 Å². The van der Waals surface area contributed by atoms with Gasteiger partial charge in [-0.25, -0.2) is 4.79 Å². The number of carbonyl (C=O) groups excluding carboxylic acids is 3. The van der Waals surface area contributed by atoms with E-state index in [4.69, 9.17) is 4.74 Å². The van der Waals surface area contributed by atoms with Crippen molar-refractivity contribution in [3.63, 3.8) is 0 Å². The highest BCUT2D eigenvalue weighted by Gasteiger charge is 2.20. The predicted molar refractivity (Wildman–Crippen MR) is 104 cm³/mol. The van der Waals surface area contributed by atoms with E-state index >= 15 is 0 Å². The number of amides is 1. The Morgan fingerprint density at radius 1 is 1.00 bits per heavy atom. The summed E-state index contributed by atoms with van der Waals surface area (Å²) in [7, 11) is 0. The van der Waals surface area contributed by atoms with E-state index in [1.165, 1.54) is 18.7 Å². The highest BCUT2D eigenvalue weighted by atomic mass is 32.2. The van der Waals surface area contributed by atoms with E-state index in [9.17, 15) is 14.4 Å². The molecule has 1 aliphatic heterocycles. The molecule has 2 aromatic rings. The summed E-state index contributed by atoms with van der Waals surface area (Å²) in [5.41, 5.74) is 0.985. The largest absolute Gasteiger partial charge is 0.423 e. The fourth-order valence-corrected chi connectivity index (χ4v) is 3.82. The molecule has 0 atom stereocenters. The third kappa shape index (κ3) is 4.98. The number of Topliss-reactive ketones (excluding diaryl/α,β-unsaturated/α-hetero) is 1. The molecule has 1 saturated heterocycles. The van der Waals surface area contributed by atoms with E-state index in [0.29, 0.717) is 22.6 Å². The van der Waals surface area contributed by atoms with Crippen LogP contribution < -0.4 is 4.74 Å². The van der Waals surface area contributed by atoms with Crippen LogP contribution in [0.15, 0.2) is 53.4 Å². The molecule has 0 spiro atoms. The van der Waals surface area contributed by atoms with Gasteiger partial charge in [-0.3, -0.25) is 9.59 Å². The maximum atomic E-state index is 12.6. The zero-order valence-electron chi connectivity index (χ0n) is 15.1. The monoisotopic (exact) mass is 383 g/mol. The molecule has 1 aliphatic rings. The molecule has 1 fully saturated rings. The minimum Gasteiger partial charge on any atom is -0.423 e. The summed E-state index contributed by atoms with van der Waals surface area (Å²) in [4.78, 5) is 38.7. The maximum absolute atomic E-state index is 12.6. The van der Waals surface area contributed by atoms with Gasteiger partial charge in [0.1, 0.15) is 5.75 Å². The molecule has 0 aliphatic carbocycles. The van der Waals surface area contributed by atoms with Gasteiger partial charge in [0.2, 0.25) is 5.91 Å². The number of rotatable bonds is 6. The van der Waals surface area contributed by atoms with Crippen molar-refractivity contribution in [2.24, 2.45) is 0 Å². The molecule has 0 radical (unpaired) electrons. The Hall–Kier alpha value is -2.60. The first-order valence-electron chi connectivity index (χ1n) is 8.87. The highest BCUT2D eigenvalue weighted by Crippen LogP contribution is 2.25. The minimum atomic E-state index is -0.484. The average Bonchev–Trinajstić information content (AvgIpc) is 3.21. The van der Waals surface area contributed by atoms with Crippen LogP contribution in [0.3, 0.4) is 0 Å². The third-order valence-corrected chi connectivity index (χ3v) is 5.45.